The lowest BCUT2D eigenvalue weighted by molar-refractivity contribution is -0.116. The van der Waals surface area contributed by atoms with Gasteiger partial charge in [0, 0.05) is 0 Å². The number of carbonyl (C=O) groups excluding carboxylic acids is 4. The first-order valence-electron chi connectivity index (χ1n) is 7.76. The normalized spacial score (nSPS) is 12.8. The number of nitrogens with zero attached hydrogens (tertiary/aromatic N) is 1. The monoisotopic (exact) mass is 440 g/mol. The first kappa shape index (κ1) is 20.1. The number of anilines is 1. The van der Waals surface area contributed by atoms with Gasteiger partial charge < -0.3 is 10.1 Å². The predicted octanol–water partition coefficient (Wildman–Crippen LogP) is 3.67. The van der Waals surface area contributed by atoms with E-state index in [2.05, 4.69) is 10.1 Å². The van der Waals surface area contributed by atoms with Crippen LogP contribution in [-0.2, 0) is 9.53 Å². The highest BCUT2D eigenvalue weighted by molar-refractivity contribution is 6.43. The molecule has 10 heteroatoms. The Kier molecular flexibility index (Phi) is 5.60. The largest absolute Gasteiger partial charge is 0.465 e. The molecular weight excluding hydrogens is 431 g/mol. The van der Waals surface area contributed by atoms with E-state index in [0.29, 0.717) is 0 Å². The number of hydrogen-bond acceptors (Lipinski definition) is 5. The molecule has 0 spiro atoms. The molecule has 0 saturated heterocycles. The second-order valence-electron chi connectivity index (χ2n) is 5.74. The number of methoxy groups -OCH3 is 1. The number of imide groups is 1. The van der Waals surface area contributed by atoms with Crippen LogP contribution in [0.4, 0.5) is 5.69 Å². The molecule has 144 valence electrons. The molecule has 0 radical (unpaired) electrons. The second kappa shape index (κ2) is 7.79. The fraction of sp³-hybridized carbons (Fsp3) is 0.111. The Morgan fingerprint density at radius 1 is 0.964 bits per heavy atom. The van der Waals surface area contributed by atoms with Crippen LogP contribution in [0.15, 0.2) is 30.3 Å². The molecule has 0 bridgehead atoms. The first-order valence-corrected chi connectivity index (χ1v) is 8.89. The quantitative estimate of drug-likeness (QED) is 0.577. The van der Waals surface area contributed by atoms with Crippen molar-refractivity contribution in [1.82, 2.24) is 4.90 Å². The van der Waals surface area contributed by atoms with Crippen molar-refractivity contribution >= 4 is 64.2 Å². The van der Waals surface area contributed by atoms with Gasteiger partial charge in [0.2, 0.25) is 5.91 Å². The average Bonchev–Trinajstić information content (AvgIpc) is 2.88. The maximum absolute atomic E-state index is 12.4. The topological polar surface area (TPSA) is 92.8 Å². The van der Waals surface area contributed by atoms with E-state index in [9.17, 15) is 19.2 Å². The van der Waals surface area contributed by atoms with Crippen molar-refractivity contribution in [2.45, 2.75) is 0 Å². The third-order valence-electron chi connectivity index (χ3n) is 3.97. The summed E-state index contributed by atoms with van der Waals surface area (Å²) in [4.78, 5) is 49.6. The number of hydrogen-bond donors (Lipinski definition) is 1. The Morgan fingerprint density at radius 3 is 2.07 bits per heavy atom. The van der Waals surface area contributed by atoms with Gasteiger partial charge in [-0.1, -0.05) is 34.8 Å². The van der Waals surface area contributed by atoms with E-state index < -0.39 is 30.2 Å². The van der Waals surface area contributed by atoms with E-state index in [0.717, 1.165) is 4.90 Å². The zero-order chi connectivity index (χ0) is 20.6. The molecule has 0 saturated carbocycles. The Balaban J connectivity index is 1.78. The summed E-state index contributed by atoms with van der Waals surface area (Å²) >= 11 is 17.8. The standard InChI is InChI=1S/C18H11Cl3N2O5/c1-28-18(27)8-2-3-11(19)14(4-8)22-15(24)7-23-16(25)9-5-12(20)13(21)6-10(9)17(23)26/h2-6H,7H2,1H3,(H,22,24). The predicted molar refractivity (Wildman–Crippen MR) is 103 cm³/mol. The lowest BCUT2D eigenvalue weighted by atomic mass is 10.1. The fourth-order valence-corrected chi connectivity index (χ4v) is 3.12. The van der Waals surface area contributed by atoms with Gasteiger partial charge in [-0.05, 0) is 30.3 Å². The van der Waals surface area contributed by atoms with Gasteiger partial charge in [0.15, 0.2) is 0 Å². The minimum absolute atomic E-state index is 0.0675. The van der Waals surface area contributed by atoms with Crippen molar-refractivity contribution in [3.05, 3.63) is 62.1 Å². The van der Waals surface area contributed by atoms with Gasteiger partial charge in [-0.3, -0.25) is 19.3 Å². The minimum atomic E-state index is -0.685. The van der Waals surface area contributed by atoms with E-state index >= 15 is 0 Å². The molecule has 7 nitrogen and oxygen atoms in total. The smallest absolute Gasteiger partial charge is 0.337 e. The summed E-state index contributed by atoms with van der Waals surface area (Å²) in [5.41, 5.74) is 0.445. The van der Waals surface area contributed by atoms with Gasteiger partial charge in [-0.2, -0.15) is 0 Å². The van der Waals surface area contributed by atoms with Gasteiger partial charge in [0.05, 0.1) is 44.6 Å². The van der Waals surface area contributed by atoms with Crippen LogP contribution in [0.25, 0.3) is 0 Å². The van der Waals surface area contributed by atoms with Crippen LogP contribution < -0.4 is 5.32 Å². The number of halogens is 3. The van der Waals surface area contributed by atoms with Crippen LogP contribution in [0.2, 0.25) is 15.1 Å². The molecule has 1 aliphatic heterocycles. The van der Waals surface area contributed by atoms with E-state index in [1.807, 2.05) is 0 Å². The molecule has 3 amide bonds. The number of fused-ring (bicyclic) bond motifs is 1. The number of carbonyl (C=O) groups is 4. The molecule has 0 unspecified atom stereocenters. The van der Waals surface area contributed by atoms with Gasteiger partial charge in [-0.15, -0.1) is 0 Å². The fourth-order valence-electron chi connectivity index (χ4n) is 2.63. The van der Waals surface area contributed by atoms with Crippen LogP contribution in [0, 0.1) is 0 Å². The zero-order valence-corrected chi connectivity index (χ0v) is 16.5. The summed E-state index contributed by atoms with van der Waals surface area (Å²) in [6.45, 7) is -0.555. The Bertz CT molecular complexity index is 997. The Morgan fingerprint density at radius 2 is 1.54 bits per heavy atom. The van der Waals surface area contributed by atoms with E-state index in [1.165, 1.54) is 37.4 Å². The molecule has 28 heavy (non-hydrogen) atoms. The van der Waals surface area contributed by atoms with Crippen LogP contribution >= 0.6 is 34.8 Å². The molecule has 1 heterocycles. The van der Waals surface area contributed by atoms with Gasteiger partial charge in [0.1, 0.15) is 6.54 Å². The number of benzene rings is 2. The maximum Gasteiger partial charge on any atom is 0.337 e. The van der Waals surface area contributed by atoms with E-state index in [-0.39, 0.29) is 37.4 Å². The molecule has 2 aromatic rings. The van der Waals surface area contributed by atoms with Crippen molar-refractivity contribution in [2.75, 3.05) is 19.0 Å². The summed E-state index contributed by atoms with van der Waals surface area (Å²) in [5.74, 6) is -2.62. The molecule has 1 N–H and O–H groups in total. The third-order valence-corrected chi connectivity index (χ3v) is 5.03. The lowest BCUT2D eigenvalue weighted by Crippen LogP contribution is -2.37. The number of nitrogens with one attached hydrogen (secondary N) is 1. The molecule has 0 atom stereocenters. The Labute approximate surface area is 174 Å². The molecule has 0 aliphatic carbocycles. The SMILES string of the molecule is COC(=O)c1ccc(Cl)c(NC(=O)CN2C(=O)c3cc(Cl)c(Cl)cc3C2=O)c1. The number of ether oxygens (including phenoxy) is 1. The van der Waals surface area contributed by atoms with Gasteiger partial charge in [0.25, 0.3) is 11.8 Å². The highest BCUT2D eigenvalue weighted by Crippen LogP contribution is 2.31. The molecular formula is C18H11Cl3N2O5. The van der Waals surface area contributed by atoms with E-state index in [1.54, 1.807) is 0 Å². The van der Waals surface area contributed by atoms with Crippen LogP contribution in [0.1, 0.15) is 31.1 Å². The van der Waals surface area contributed by atoms with Crippen molar-refractivity contribution in [2.24, 2.45) is 0 Å². The van der Waals surface area contributed by atoms with Crippen molar-refractivity contribution in [3.8, 4) is 0 Å². The summed E-state index contributed by atoms with van der Waals surface area (Å²) in [5, 5.41) is 2.89. The number of amides is 3. The van der Waals surface area contributed by atoms with Crippen molar-refractivity contribution in [3.63, 3.8) is 0 Å². The third kappa shape index (κ3) is 3.69. The summed E-state index contributed by atoms with van der Waals surface area (Å²) in [6.07, 6.45) is 0. The van der Waals surface area contributed by atoms with Crippen LogP contribution in [-0.4, -0.2) is 42.2 Å². The highest BCUT2D eigenvalue weighted by atomic mass is 35.5. The maximum atomic E-state index is 12.4. The van der Waals surface area contributed by atoms with Crippen molar-refractivity contribution < 1.29 is 23.9 Å². The molecule has 0 aromatic heterocycles. The highest BCUT2D eigenvalue weighted by Gasteiger charge is 2.37. The second-order valence-corrected chi connectivity index (χ2v) is 6.96. The number of rotatable bonds is 4. The van der Waals surface area contributed by atoms with Crippen molar-refractivity contribution in [1.29, 1.82) is 0 Å². The molecule has 0 fully saturated rings. The van der Waals surface area contributed by atoms with Gasteiger partial charge in [-0.25, -0.2) is 4.79 Å². The Hall–Kier alpha value is -2.61. The lowest BCUT2D eigenvalue weighted by Gasteiger charge is -2.14. The van der Waals surface area contributed by atoms with Gasteiger partial charge >= 0.3 is 5.97 Å². The molecule has 3 rings (SSSR count). The number of esters is 1. The minimum Gasteiger partial charge on any atom is -0.465 e. The first-order chi connectivity index (χ1) is 13.2. The summed E-state index contributed by atoms with van der Waals surface area (Å²) in [6, 6.07) is 6.74. The summed E-state index contributed by atoms with van der Waals surface area (Å²) < 4.78 is 4.61. The average molecular weight is 442 g/mol. The van der Waals surface area contributed by atoms with Crippen LogP contribution in [0.3, 0.4) is 0 Å². The van der Waals surface area contributed by atoms with Crippen LogP contribution in [0.5, 0.6) is 0 Å². The molecule has 2 aromatic carbocycles. The summed E-state index contributed by atoms with van der Waals surface area (Å²) in [7, 11) is 1.22. The molecule has 1 aliphatic rings. The zero-order valence-electron chi connectivity index (χ0n) is 14.2. The van der Waals surface area contributed by atoms with E-state index in [4.69, 9.17) is 34.8 Å².